The Kier molecular flexibility index (Phi) is 7.77. The van der Waals surface area contributed by atoms with E-state index in [-0.39, 0.29) is 6.03 Å². The zero-order valence-electron chi connectivity index (χ0n) is 25.2. The highest BCUT2D eigenvalue weighted by Gasteiger charge is 2.37. The quantitative estimate of drug-likeness (QED) is 0.273. The molecule has 2 amide bonds. The van der Waals surface area contributed by atoms with Crippen LogP contribution in [0.1, 0.15) is 22.3 Å². The molecule has 0 spiro atoms. The van der Waals surface area contributed by atoms with Gasteiger partial charge in [-0.15, -0.1) is 0 Å². The maximum absolute atomic E-state index is 14.4. The lowest BCUT2D eigenvalue weighted by Gasteiger charge is -2.37. The molecule has 2 aliphatic heterocycles. The summed E-state index contributed by atoms with van der Waals surface area (Å²) < 4.78 is 16.7. The fourth-order valence-corrected chi connectivity index (χ4v) is 5.83. The van der Waals surface area contributed by atoms with Gasteiger partial charge in [-0.1, -0.05) is 18.2 Å². The second kappa shape index (κ2) is 11.8. The number of methoxy groups -OCH3 is 2. The van der Waals surface area contributed by atoms with Gasteiger partial charge in [0.05, 0.1) is 45.4 Å². The van der Waals surface area contributed by atoms with Crippen LogP contribution in [0.5, 0.6) is 11.5 Å². The maximum atomic E-state index is 14.4. The third-order valence-corrected chi connectivity index (χ3v) is 7.95. The normalized spacial score (nSPS) is 14.9. The summed E-state index contributed by atoms with van der Waals surface area (Å²) in [5, 5.41) is 3.35. The number of aryl methyl sites for hydroxylation is 3. The number of para-hydroxylation sites is 1. The first-order valence-electron chi connectivity index (χ1n) is 14.3. The van der Waals surface area contributed by atoms with Gasteiger partial charge in [-0.25, -0.2) is 14.7 Å². The van der Waals surface area contributed by atoms with Gasteiger partial charge in [0.25, 0.3) is 0 Å². The van der Waals surface area contributed by atoms with Gasteiger partial charge in [-0.05, 0) is 67.8 Å². The van der Waals surface area contributed by atoms with E-state index in [9.17, 15) is 4.79 Å². The van der Waals surface area contributed by atoms with Gasteiger partial charge < -0.3 is 24.4 Å². The van der Waals surface area contributed by atoms with Crippen LogP contribution in [0, 0.1) is 20.8 Å². The summed E-state index contributed by atoms with van der Waals surface area (Å²) in [4.78, 5) is 29.7. The molecule has 0 radical (unpaired) electrons. The minimum Gasteiger partial charge on any atom is -0.497 e. The van der Waals surface area contributed by atoms with E-state index in [1.165, 1.54) is 5.69 Å². The van der Waals surface area contributed by atoms with Gasteiger partial charge in [-0.2, -0.15) is 4.98 Å². The molecule has 10 nitrogen and oxygen atoms in total. The Bertz CT molecular complexity index is 1650. The average Bonchev–Trinajstić information content (AvgIpc) is 3.01. The Morgan fingerprint density at radius 2 is 1.63 bits per heavy atom. The predicted molar refractivity (Wildman–Crippen MR) is 169 cm³/mol. The lowest BCUT2D eigenvalue weighted by Crippen LogP contribution is -2.46. The highest BCUT2D eigenvalue weighted by atomic mass is 16.5. The lowest BCUT2D eigenvalue weighted by atomic mass is 10.1. The number of aromatic nitrogens is 2. The summed E-state index contributed by atoms with van der Waals surface area (Å²) in [5.74, 6) is 2.00. The van der Waals surface area contributed by atoms with Gasteiger partial charge in [0.1, 0.15) is 11.5 Å². The molecule has 0 aliphatic carbocycles. The van der Waals surface area contributed by atoms with Crippen LogP contribution in [-0.2, 0) is 11.3 Å². The van der Waals surface area contributed by atoms with Crippen molar-refractivity contribution in [2.24, 2.45) is 0 Å². The van der Waals surface area contributed by atoms with Crippen LogP contribution in [0.3, 0.4) is 0 Å². The Morgan fingerprint density at radius 3 is 2.33 bits per heavy atom. The number of urea groups is 1. The van der Waals surface area contributed by atoms with Crippen molar-refractivity contribution in [3.8, 4) is 11.5 Å². The van der Waals surface area contributed by atoms with E-state index in [1.807, 2.05) is 50.2 Å². The fourth-order valence-electron chi connectivity index (χ4n) is 5.83. The molecule has 1 aromatic heterocycles. The van der Waals surface area contributed by atoms with Crippen LogP contribution in [-0.4, -0.2) is 56.5 Å². The second-order valence-electron chi connectivity index (χ2n) is 10.8. The van der Waals surface area contributed by atoms with E-state index >= 15 is 0 Å². The third-order valence-electron chi connectivity index (χ3n) is 7.95. The topological polar surface area (TPSA) is 92.3 Å². The minimum atomic E-state index is -0.233. The number of ether oxygens (including phenoxy) is 3. The molecule has 3 heterocycles. The summed E-state index contributed by atoms with van der Waals surface area (Å²) >= 11 is 0. The Morgan fingerprint density at radius 1 is 0.884 bits per heavy atom. The van der Waals surface area contributed by atoms with Gasteiger partial charge in [0, 0.05) is 42.3 Å². The molecule has 0 atom stereocenters. The summed E-state index contributed by atoms with van der Waals surface area (Å²) in [7, 11) is 3.17. The van der Waals surface area contributed by atoms with E-state index < -0.39 is 0 Å². The van der Waals surface area contributed by atoms with Crippen molar-refractivity contribution < 1.29 is 19.0 Å². The van der Waals surface area contributed by atoms with E-state index in [1.54, 1.807) is 36.3 Å². The molecular formula is C33H36N6O4. The van der Waals surface area contributed by atoms with Crippen LogP contribution in [0.15, 0.2) is 60.8 Å². The molecule has 43 heavy (non-hydrogen) atoms. The number of benzene rings is 3. The highest BCUT2D eigenvalue weighted by molar-refractivity contribution is 6.11. The SMILES string of the molecule is COc1ccc(N2C(=O)N(c3c(C)cccc3C)Cc3cnc(Nc4ccc(N5CCOCC5)c(C)c4)nc32)c(OC)c1. The standard InChI is InChI=1S/C33H36N6O4/c1-21-7-6-8-22(2)30(21)38-20-24-19-34-32(35-25-9-11-27(23(3)17-25)37-13-15-43-16-14-37)36-31(24)39(33(38)40)28-12-10-26(41-4)18-29(28)42-5/h6-12,17-19H,13-16,20H2,1-5H3,(H,34,35,36). The van der Waals surface area contributed by atoms with Gasteiger partial charge in [0.2, 0.25) is 5.95 Å². The van der Waals surface area contributed by atoms with Crippen molar-refractivity contribution in [1.82, 2.24) is 9.97 Å². The Balaban J connectivity index is 1.40. The van der Waals surface area contributed by atoms with Crippen LogP contribution in [0.25, 0.3) is 0 Å². The summed E-state index contributed by atoms with van der Waals surface area (Å²) in [6.07, 6.45) is 1.79. The van der Waals surface area contributed by atoms with Crippen molar-refractivity contribution in [2.45, 2.75) is 27.3 Å². The number of hydrogen-bond acceptors (Lipinski definition) is 8. The van der Waals surface area contributed by atoms with Crippen molar-refractivity contribution in [1.29, 1.82) is 0 Å². The van der Waals surface area contributed by atoms with E-state index in [0.717, 1.165) is 59.9 Å². The minimum absolute atomic E-state index is 0.233. The largest absolute Gasteiger partial charge is 0.497 e. The van der Waals surface area contributed by atoms with Crippen LogP contribution in [0.2, 0.25) is 0 Å². The van der Waals surface area contributed by atoms with Crippen molar-refractivity contribution in [2.75, 3.05) is 60.5 Å². The number of nitrogens with one attached hydrogen (secondary N) is 1. The molecule has 3 aromatic carbocycles. The third kappa shape index (κ3) is 5.41. The first-order valence-corrected chi connectivity index (χ1v) is 14.3. The molecule has 1 fully saturated rings. The summed E-state index contributed by atoms with van der Waals surface area (Å²) in [6.45, 7) is 9.68. The first kappa shape index (κ1) is 28.3. The number of anilines is 6. The number of amides is 2. The number of carbonyl (C=O) groups is 1. The van der Waals surface area contributed by atoms with Crippen molar-refractivity contribution >= 4 is 40.5 Å². The molecule has 222 valence electrons. The van der Waals surface area contributed by atoms with Crippen molar-refractivity contribution in [3.05, 3.63) is 83.0 Å². The van der Waals surface area contributed by atoms with Gasteiger partial charge in [-0.3, -0.25) is 4.90 Å². The van der Waals surface area contributed by atoms with E-state index in [0.29, 0.717) is 35.5 Å². The zero-order chi connectivity index (χ0) is 30.1. The number of carbonyl (C=O) groups excluding carboxylic acids is 1. The average molecular weight is 581 g/mol. The van der Waals surface area contributed by atoms with Gasteiger partial charge >= 0.3 is 6.03 Å². The van der Waals surface area contributed by atoms with Crippen LogP contribution >= 0.6 is 0 Å². The number of rotatable bonds is 7. The zero-order valence-corrected chi connectivity index (χ0v) is 25.2. The summed E-state index contributed by atoms with van der Waals surface area (Å²) in [5.41, 5.74) is 7.45. The van der Waals surface area contributed by atoms with Gasteiger partial charge in [0.15, 0.2) is 5.82 Å². The fraction of sp³-hybridized carbons (Fsp3) is 0.303. The molecule has 0 bridgehead atoms. The molecule has 1 saturated heterocycles. The molecular weight excluding hydrogens is 544 g/mol. The Hall–Kier alpha value is -4.83. The molecule has 0 saturated carbocycles. The summed E-state index contributed by atoms with van der Waals surface area (Å²) in [6, 6.07) is 17.4. The molecule has 6 rings (SSSR count). The molecule has 1 N–H and O–H groups in total. The molecule has 10 heteroatoms. The van der Waals surface area contributed by atoms with Crippen LogP contribution in [0.4, 0.5) is 39.3 Å². The smallest absolute Gasteiger partial charge is 0.335 e. The molecule has 0 unspecified atom stereocenters. The highest BCUT2D eigenvalue weighted by Crippen LogP contribution is 2.42. The number of morpholine rings is 1. The monoisotopic (exact) mass is 580 g/mol. The predicted octanol–water partition coefficient (Wildman–Crippen LogP) is 6.28. The number of fused-ring (bicyclic) bond motifs is 1. The maximum Gasteiger partial charge on any atom is 0.335 e. The lowest BCUT2D eigenvalue weighted by molar-refractivity contribution is 0.122. The Labute approximate surface area is 251 Å². The molecule has 2 aliphatic rings. The van der Waals surface area contributed by atoms with Crippen LogP contribution < -0.4 is 29.5 Å². The number of hydrogen-bond donors (Lipinski definition) is 1. The second-order valence-corrected chi connectivity index (χ2v) is 10.8. The molecule has 4 aromatic rings. The van der Waals surface area contributed by atoms with Crippen molar-refractivity contribution in [3.63, 3.8) is 0 Å². The number of nitrogens with zero attached hydrogens (tertiary/aromatic N) is 5. The van der Waals surface area contributed by atoms with E-state index in [2.05, 4.69) is 34.3 Å². The van der Waals surface area contributed by atoms with E-state index in [4.69, 9.17) is 19.2 Å². The first-order chi connectivity index (χ1) is 20.9.